The van der Waals surface area contributed by atoms with Crippen LogP contribution in [0.3, 0.4) is 0 Å². The van der Waals surface area contributed by atoms with Crippen LogP contribution >= 0.6 is 9.39 Å². The number of hydrogen-bond acceptors (Lipinski definition) is 4. The first-order chi connectivity index (χ1) is 8.22. The maximum Gasteiger partial charge on any atom is 0.145 e. The predicted octanol–water partition coefficient (Wildman–Crippen LogP) is 1.68. The van der Waals surface area contributed by atoms with E-state index < -0.39 is 0 Å². The molecule has 0 aliphatic heterocycles. The summed E-state index contributed by atoms with van der Waals surface area (Å²) in [6, 6.07) is 5.51. The number of aromatic nitrogens is 3. The molecule has 3 aromatic heterocycles. The number of hydrogen-bond donors (Lipinski definition) is 1. The second-order valence-corrected chi connectivity index (χ2v) is 4.18. The van der Waals surface area contributed by atoms with Crippen molar-refractivity contribution < 1.29 is 0 Å². The Hall–Kier alpha value is -2.18. The Labute approximate surface area is 99.1 Å². The average molecular weight is 241 g/mol. The van der Waals surface area contributed by atoms with Crippen molar-refractivity contribution in [3.05, 3.63) is 30.2 Å². The number of anilines is 1. The highest BCUT2D eigenvalue weighted by Crippen LogP contribution is 2.32. The molecule has 0 radical (unpaired) electrons. The molecule has 3 rings (SSSR count). The molecule has 82 valence electrons. The van der Waals surface area contributed by atoms with Crippen LogP contribution in [0.1, 0.15) is 5.69 Å². The molecule has 0 aliphatic rings. The van der Waals surface area contributed by atoms with Crippen LogP contribution in [0, 0.1) is 11.3 Å². The summed E-state index contributed by atoms with van der Waals surface area (Å²) in [4.78, 5) is 8.33. The van der Waals surface area contributed by atoms with Crippen molar-refractivity contribution in [3.8, 4) is 6.07 Å². The van der Waals surface area contributed by atoms with Gasteiger partial charge in [0.25, 0.3) is 0 Å². The van der Waals surface area contributed by atoms with Crippen molar-refractivity contribution in [2.45, 2.75) is 0 Å². The Morgan fingerprint density at radius 1 is 1.41 bits per heavy atom. The number of nitriles is 1. The summed E-state index contributed by atoms with van der Waals surface area (Å²) in [5.41, 5.74) is 8.63. The highest BCUT2D eigenvalue weighted by atomic mass is 31.0. The summed E-state index contributed by atoms with van der Waals surface area (Å²) in [5, 5.41) is 10.6. The second-order valence-electron chi connectivity index (χ2n) is 3.67. The lowest BCUT2D eigenvalue weighted by Gasteiger charge is -1.96. The van der Waals surface area contributed by atoms with Gasteiger partial charge in [0.15, 0.2) is 0 Å². The first-order valence-electron chi connectivity index (χ1n) is 4.92. The van der Waals surface area contributed by atoms with E-state index in [1.807, 2.05) is 10.4 Å². The molecular weight excluding hydrogens is 233 g/mol. The van der Waals surface area contributed by atoms with E-state index in [1.165, 1.54) is 0 Å². The lowest BCUT2D eigenvalue weighted by molar-refractivity contribution is 1.25. The number of fused-ring (bicyclic) bond motifs is 3. The monoisotopic (exact) mass is 241 g/mol. The lowest BCUT2D eigenvalue weighted by Crippen LogP contribution is -1.87. The largest absolute Gasteiger partial charge is 0.398 e. The van der Waals surface area contributed by atoms with Gasteiger partial charge in [-0.05, 0) is 21.5 Å². The molecule has 0 aliphatic carbocycles. The summed E-state index contributed by atoms with van der Waals surface area (Å²) in [5.74, 6) is 0. The van der Waals surface area contributed by atoms with Gasteiger partial charge >= 0.3 is 0 Å². The van der Waals surface area contributed by atoms with Gasteiger partial charge in [0, 0.05) is 17.3 Å². The SMILES string of the molecule is N#Cc1cc2c3c(N)ccnc3n(P)c2cn1. The Morgan fingerprint density at radius 2 is 2.24 bits per heavy atom. The molecule has 3 heterocycles. The molecule has 0 amide bonds. The molecule has 6 heteroatoms. The zero-order chi connectivity index (χ0) is 12.0. The van der Waals surface area contributed by atoms with Gasteiger partial charge < -0.3 is 10.1 Å². The molecule has 0 fully saturated rings. The van der Waals surface area contributed by atoms with Gasteiger partial charge in [0.2, 0.25) is 0 Å². The third-order valence-corrected chi connectivity index (χ3v) is 3.24. The molecule has 0 aromatic carbocycles. The predicted molar refractivity (Wildman–Crippen MR) is 69.3 cm³/mol. The normalized spacial score (nSPS) is 10.8. The van der Waals surface area contributed by atoms with Gasteiger partial charge in [0.1, 0.15) is 17.4 Å². The number of nitrogen functional groups attached to an aromatic ring is 1. The lowest BCUT2D eigenvalue weighted by atomic mass is 10.2. The summed E-state index contributed by atoms with van der Waals surface area (Å²) in [7, 11) is 2.57. The minimum atomic E-state index is 0.373. The standard InChI is InChI=1S/C11H8N5P/c12-4-6-3-7-9(5-15-6)16(17)11-10(7)8(13)1-2-14-11/h1-3,5H,17H2,(H2,13,14). The summed E-state index contributed by atoms with van der Waals surface area (Å²) < 4.78 is 1.84. The fraction of sp³-hybridized carbons (Fsp3) is 0. The molecule has 1 atom stereocenters. The van der Waals surface area contributed by atoms with Crippen molar-refractivity contribution in [3.63, 3.8) is 0 Å². The first-order valence-corrected chi connectivity index (χ1v) is 5.44. The molecule has 1 unspecified atom stereocenters. The van der Waals surface area contributed by atoms with E-state index in [9.17, 15) is 0 Å². The van der Waals surface area contributed by atoms with Crippen LogP contribution in [0.5, 0.6) is 0 Å². The van der Waals surface area contributed by atoms with Crippen molar-refractivity contribution in [2.24, 2.45) is 0 Å². The molecule has 0 saturated heterocycles. The van der Waals surface area contributed by atoms with Crippen molar-refractivity contribution in [2.75, 3.05) is 5.73 Å². The van der Waals surface area contributed by atoms with Crippen LogP contribution in [0.15, 0.2) is 24.5 Å². The van der Waals surface area contributed by atoms with Crippen LogP contribution in [0.25, 0.3) is 21.9 Å². The Balaban J connectivity index is 2.62. The number of pyridine rings is 2. The van der Waals surface area contributed by atoms with Gasteiger partial charge in [-0.3, -0.25) is 0 Å². The van der Waals surface area contributed by atoms with Crippen molar-refractivity contribution >= 4 is 37.0 Å². The fourth-order valence-electron chi connectivity index (χ4n) is 1.94. The third-order valence-electron chi connectivity index (χ3n) is 2.72. The number of nitrogens with zero attached hydrogens (tertiary/aromatic N) is 4. The second kappa shape index (κ2) is 3.41. The molecule has 0 saturated carbocycles. The minimum Gasteiger partial charge on any atom is -0.398 e. The quantitative estimate of drug-likeness (QED) is 0.607. The van der Waals surface area contributed by atoms with Gasteiger partial charge in [-0.1, -0.05) is 0 Å². The van der Waals surface area contributed by atoms with Crippen LogP contribution in [-0.4, -0.2) is 14.3 Å². The third kappa shape index (κ3) is 1.28. The van der Waals surface area contributed by atoms with Crippen LogP contribution < -0.4 is 5.73 Å². The molecule has 2 N–H and O–H groups in total. The highest BCUT2D eigenvalue weighted by molar-refractivity contribution is 7.15. The smallest absolute Gasteiger partial charge is 0.145 e. The topological polar surface area (TPSA) is 80.5 Å². The maximum atomic E-state index is 8.87. The fourth-order valence-corrected chi connectivity index (χ4v) is 2.34. The molecule has 3 aromatic rings. The van der Waals surface area contributed by atoms with Crippen molar-refractivity contribution in [1.29, 1.82) is 5.26 Å². The van der Waals surface area contributed by atoms with E-state index >= 15 is 0 Å². The van der Waals surface area contributed by atoms with Crippen LogP contribution in [0.4, 0.5) is 5.69 Å². The van der Waals surface area contributed by atoms with Crippen LogP contribution in [-0.2, 0) is 0 Å². The summed E-state index contributed by atoms with van der Waals surface area (Å²) in [6.07, 6.45) is 3.32. The minimum absolute atomic E-state index is 0.373. The molecule has 0 spiro atoms. The van der Waals surface area contributed by atoms with Gasteiger partial charge in [0.05, 0.1) is 17.1 Å². The molecule has 17 heavy (non-hydrogen) atoms. The maximum absolute atomic E-state index is 8.87. The number of rotatable bonds is 0. The van der Waals surface area contributed by atoms with Crippen LogP contribution in [0.2, 0.25) is 0 Å². The Kier molecular flexibility index (Phi) is 2.01. The highest BCUT2D eigenvalue weighted by Gasteiger charge is 2.12. The van der Waals surface area contributed by atoms with E-state index in [2.05, 4.69) is 19.4 Å². The van der Waals surface area contributed by atoms with Crippen molar-refractivity contribution in [1.82, 2.24) is 14.3 Å². The first kappa shape index (κ1) is 10.0. The Bertz CT molecular complexity index is 784. The molecule has 0 bridgehead atoms. The summed E-state index contributed by atoms with van der Waals surface area (Å²) in [6.45, 7) is 0. The molecular formula is C11H8N5P. The van der Waals surface area contributed by atoms with Gasteiger partial charge in [-0.15, -0.1) is 0 Å². The summed E-state index contributed by atoms with van der Waals surface area (Å²) >= 11 is 0. The van der Waals surface area contributed by atoms with E-state index in [0.717, 1.165) is 21.9 Å². The number of nitrogens with two attached hydrogens (primary N) is 1. The van der Waals surface area contributed by atoms with E-state index in [-0.39, 0.29) is 0 Å². The van der Waals surface area contributed by atoms with Gasteiger partial charge in [-0.25, -0.2) is 9.97 Å². The van der Waals surface area contributed by atoms with E-state index in [1.54, 1.807) is 24.5 Å². The van der Waals surface area contributed by atoms with Gasteiger partial charge in [-0.2, -0.15) is 5.26 Å². The van der Waals surface area contributed by atoms with E-state index in [0.29, 0.717) is 11.4 Å². The van der Waals surface area contributed by atoms with E-state index in [4.69, 9.17) is 11.0 Å². The zero-order valence-corrected chi connectivity index (χ0v) is 9.91. The average Bonchev–Trinajstić information content (AvgIpc) is 2.64. The molecule has 5 nitrogen and oxygen atoms in total. The Morgan fingerprint density at radius 3 is 3.00 bits per heavy atom. The zero-order valence-electron chi connectivity index (χ0n) is 8.75.